The molecule has 0 radical (unpaired) electrons. The minimum absolute atomic E-state index is 0.00750. The Morgan fingerprint density at radius 1 is 0.791 bits per heavy atom. The topological polar surface area (TPSA) is 74.9 Å². The number of rotatable bonds is 2. The van der Waals surface area contributed by atoms with Gasteiger partial charge in [-0.15, -0.1) is 0 Å². The van der Waals surface area contributed by atoms with Gasteiger partial charge in [0.1, 0.15) is 11.3 Å². The third-order valence-electron chi connectivity index (χ3n) is 9.19. The van der Waals surface area contributed by atoms with Crippen LogP contribution < -0.4 is 4.74 Å². The Bertz CT molecular complexity index is 2300. The highest BCUT2D eigenvalue weighted by atomic mass is 16.5. The molecule has 0 bridgehead atoms. The largest absolute Gasteiger partial charge is 0.481 e. The third kappa shape index (κ3) is 3.31. The summed E-state index contributed by atoms with van der Waals surface area (Å²) in [7, 11) is 0. The van der Waals surface area contributed by atoms with Gasteiger partial charge in [-0.25, -0.2) is 0 Å². The van der Waals surface area contributed by atoms with Crippen molar-refractivity contribution in [3.8, 4) is 17.9 Å². The Balaban J connectivity index is 1.20. The fraction of sp³-hybridized carbons (Fsp3) is 0.105. The number of para-hydroxylation sites is 2. The number of allylic oxidation sites excluding steroid dienone is 4. The van der Waals surface area contributed by atoms with E-state index in [0.29, 0.717) is 11.1 Å². The standard InChI is InChI=1S/C38H23N3O2/c39-20-22-12-16-34-29(18-22)27-14-15-28-30-19-23(13-17-35(30)43-38(28)37(27)42-34)36-24(21-40)6-5-11-33(36)41-31-9-3-1-7-25(31)26-8-2-4-10-32(26)41/h1-10,12-19,27,33,37H,11H2. The van der Waals surface area contributed by atoms with Gasteiger partial charge in [-0.05, 0) is 60.5 Å². The van der Waals surface area contributed by atoms with Gasteiger partial charge in [0, 0.05) is 43.9 Å². The SMILES string of the molecule is N#CC1=C(c2ccc3oc4c(c3c2)C=CC2c3cc(C#N)ccc3OC42)C(n2c3ccccc3c3ccccc32)CC=C1. The smallest absolute Gasteiger partial charge is 0.167 e. The monoisotopic (exact) mass is 553 g/mol. The van der Waals surface area contributed by atoms with Gasteiger partial charge in [0.15, 0.2) is 11.9 Å². The van der Waals surface area contributed by atoms with Crippen molar-refractivity contribution in [3.63, 3.8) is 0 Å². The number of hydrogen-bond donors (Lipinski definition) is 0. The third-order valence-corrected chi connectivity index (χ3v) is 9.19. The lowest BCUT2D eigenvalue weighted by Crippen LogP contribution is -2.14. The number of nitriles is 2. The molecule has 3 heterocycles. The number of hydrogen-bond acceptors (Lipinski definition) is 4. The average molecular weight is 554 g/mol. The number of ether oxygens (including phenoxy) is 1. The van der Waals surface area contributed by atoms with Crippen LogP contribution in [0.2, 0.25) is 0 Å². The van der Waals surface area contributed by atoms with Crippen molar-refractivity contribution < 1.29 is 9.15 Å². The molecule has 6 aromatic rings. The predicted molar refractivity (Wildman–Crippen MR) is 167 cm³/mol. The van der Waals surface area contributed by atoms with Crippen LogP contribution in [-0.2, 0) is 0 Å². The summed E-state index contributed by atoms with van der Waals surface area (Å²) < 4.78 is 15.2. The molecule has 3 unspecified atom stereocenters. The van der Waals surface area contributed by atoms with E-state index in [1.165, 1.54) is 10.8 Å². The second-order valence-corrected chi connectivity index (χ2v) is 11.4. The molecule has 5 heteroatoms. The molecule has 0 fully saturated rings. The molecule has 0 N–H and O–H groups in total. The first kappa shape index (κ1) is 23.9. The summed E-state index contributed by atoms with van der Waals surface area (Å²) in [4.78, 5) is 0. The van der Waals surface area contributed by atoms with E-state index in [9.17, 15) is 10.5 Å². The quantitative estimate of drug-likeness (QED) is 0.214. The van der Waals surface area contributed by atoms with Gasteiger partial charge in [0.05, 0.1) is 35.2 Å². The second-order valence-electron chi connectivity index (χ2n) is 11.4. The van der Waals surface area contributed by atoms with Crippen LogP contribution in [0.4, 0.5) is 0 Å². The Kier molecular flexibility index (Phi) is 4.92. The lowest BCUT2D eigenvalue weighted by Gasteiger charge is -2.27. The normalized spacial score (nSPS) is 20.1. The molecule has 43 heavy (non-hydrogen) atoms. The fourth-order valence-corrected chi connectivity index (χ4v) is 7.34. The van der Waals surface area contributed by atoms with Gasteiger partial charge in [-0.2, -0.15) is 10.5 Å². The zero-order valence-corrected chi connectivity index (χ0v) is 23.0. The highest BCUT2D eigenvalue weighted by molar-refractivity contribution is 6.08. The number of nitrogens with zero attached hydrogens (tertiary/aromatic N) is 3. The molecule has 5 nitrogen and oxygen atoms in total. The van der Waals surface area contributed by atoms with E-state index < -0.39 is 0 Å². The number of fused-ring (bicyclic) bond motifs is 10. The van der Waals surface area contributed by atoms with Crippen LogP contribution in [0.15, 0.2) is 113 Å². The van der Waals surface area contributed by atoms with Crippen LogP contribution in [-0.4, -0.2) is 4.57 Å². The Morgan fingerprint density at radius 3 is 2.35 bits per heavy atom. The van der Waals surface area contributed by atoms with E-state index in [-0.39, 0.29) is 18.1 Å². The molecule has 9 rings (SSSR count). The van der Waals surface area contributed by atoms with E-state index in [0.717, 1.165) is 62.2 Å². The first-order valence-electron chi connectivity index (χ1n) is 14.5. The van der Waals surface area contributed by atoms with Crippen molar-refractivity contribution in [3.05, 3.63) is 137 Å². The molecule has 3 aliphatic rings. The Morgan fingerprint density at radius 2 is 1.58 bits per heavy atom. The maximum atomic E-state index is 10.3. The van der Waals surface area contributed by atoms with Gasteiger partial charge in [0.25, 0.3) is 0 Å². The molecule has 1 aliphatic heterocycles. The number of benzene rings is 4. The molecule has 0 saturated heterocycles. The summed E-state index contributed by atoms with van der Waals surface area (Å²) in [6, 6.07) is 33.6. The summed E-state index contributed by atoms with van der Waals surface area (Å²) in [6.07, 6.45) is 8.85. The molecular weight excluding hydrogens is 530 g/mol. The lowest BCUT2D eigenvalue weighted by molar-refractivity contribution is 0.193. The summed E-state index contributed by atoms with van der Waals surface area (Å²) in [5.74, 6) is 1.58. The van der Waals surface area contributed by atoms with E-state index >= 15 is 0 Å². The minimum Gasteiger partial charge on any atom is -0.481 e. The van der Waals surface area contributed by atoms with Gasteiger partial charge in [-0.3, -0.25) is 0 Å². The molecular formula is C38H23N3O2. The number of furan rings is 1. The molecule has 3 atom stereocenters. The van der Waals surface area contributed by atoms with Crippen molar-refractivity contribution in [2.24, 2.45) is 0 Å². The van der Waals surface area contributed by atoms with Crippen LogP contribution in [0.3, 0.4) is 0 Å². The maximum Gasteiger partial charge on any atom is 0.167 e. The van der Waals surface area contributed by atoms with Crippen LogP contribution in [0.25, 0.3) is 44.4 Å². The second kappa shape index (κ2) is 8.86. The van der Waals surface area contributed by atoms with Crippen molar-refractivity contribution in [1.29, 1.82) is 10.5 Å². The summed E-state index contributed by atoms with van der Waals surface area (Å²) in [6.45, 7) is 0. The minimum atomic E-state index is -0.281. The highest BCUT2D eigenvalue weighted by Gasteiger charge is 2.40. The van der Waals surface area contributed by atoms with Crippen LogP contribution in [0, 0.1) is 22.7 Å². The first-order chi connectivity index (χ1) is 21.2. The lowest BCUT2D eigenvalue weighted by atomic mass is 9.85. The summed E-state index contributed by atoms with van der Waals surface area (Å²) >= 11 is 0. The van der Waals surface area contributed by atoms with Gasteiger partial charge in [-0.1, -0.05) is 60.7 Å². The van der Waals surface area contributed by atoms with Gasteiger partial charge < -0.3 is 13.7 Å². The van der Waals surface area contributed by atoms with Crippen molar-refractivity contribution in [2.75, 3.05) is 0 Å². The van der Waals surface area contributed by atoms with Gasteiger partial charge >= 0.3 is 0 Å². The van der Waals surface area contributed by atoms with E-state index in [2.05, 4.69) is 95.6 Å². The highest BCUT2D eigenvalue weighted by Crippen LogP contribution is 2.52. The van der Waals surface area contributed by atoms with Gasteiger partial charge in [0.2, 0.25) is 0 Å². The van der Waals surface area contributed by atoms with Crippen LogP contribution in [0.1, 0.15) is 52.5 Å². The zero-order chi connectivity index (χ0) is 28.7. The van der Waals surface area contributed by atoms with Crippen LogP contribution >= 0.6 is 0 Å². The van der Waals surface area contributed by atoms with E-state index in [1.807, 2.05) is 24.3 Å². The fourth-order valence-electron chi connectivity index (χ4n) is 7.34. The molecule has 0 spiro atoms. The van der Waals surface area contributed by atoms with Crippen molar-refractivity contribution in [1.82, 2.24) is 4.57 Å². The molecule has 0 amide bonds. The summed E-state index contributed by atoms with van der Waals surface area (Å²) in [5, 5.41) is 23.2. The predicted octanol–water partition coefficient (Wildman–Crippen LogP) is 9.13. The molecule has 0 saturated carbocycles. The Labute approximate surface area is 247 Å². The van der Waals surface area contributed by atoms with Crippen LogP contribution in [0.5, 0.6) is 5.75 Å². The molecule has 202 valence electrons. The van der Waals surface area contributed by atoms with Crippen molar-refractivity contribution in [2.45, 2.75) is 24.5 Å². The van der Waals surface area contributed by atoms with E-state index in [4.69, 9.17) is 9.15 Å². The number of aromatic nitrogens is 1. The molecule has 2 aromatic heterocycles. The molecule has 4 aromatic carbocycles. The van der Waals surface area contributed by atoms with Crippen molar-refractivity contribution >= 4 is 44.4 Å². The maximum absolute atomic E-state index is 10.3. The Hall–Kier alpha value is -5.78. The average Bonchev–Trinajstić information content (AvgIpc) is 3.73. The first-order valence-corrected chi connectivity index (χ1v) is 14.5. The summed E-state index contributed by atoms with van der Waals surface area (Å²) in [5.41, 5.74) is 8.44. The molecule has 2 aliphatic carbocycles. The van der Waals surface area contributed by atoms with E-state index in [1.54, 1.807) is 6.07 Å². The zero-order valence-electron chi connectivity index (χ0n) is 23.0.